The van der Waals surface area contributed by atoms with Crippen LogP contribution in [0.5, 0.6) is 11.5 Å². The summed E-state index contributed by atoms with van der Waals surface area (Å²) in [4.78, 5) is 16.9. The van der Waals surface area contributed by atoms with Crippen LogP contribution in [0.3, 0.4) is 0 Å². The summed E-state index contributed by atoms with van der Waals surface area (Å²) in [7, 11) is 0.285. The van der Waals surface area contributed by atoms with Crippen LogP contribution in [0.2, 0.25) is 0 Å². The highest BCUT2D eigenvalue weighted by Crippen LogP contribution is 2.34. The monoisotopic (exact) mass is 489 g/mol. The van der Waals surface area contributed by atoms with Crippen molar-refractivity contribution in [2.75, 3.05) is 37.6 Å². The number of aliphatic imine (C=N–C) groups is 1. The van der Waals surface area contributed by atoms with E-state index in [0.29, 0.717) is 13.0 Å². The maximum absolute atomic E-state index is 12.4. The summed E-state index contributed by atoms with van der Waals surface area (Å²) in [6, 6.07) is 13.1. The average Bonchev–Trinajstić information content (AvgIpc) is 3.27. The third-order valence-electron chi connectivity index (χ3n) is 5.59. The van der Waals surface area contributed by atoms with E-state index < -0.39 is 9.84 Å². The van der Waals surface area contributed by atoms with Gasteiger partial charge in [-0.2, -0.15) is 0 Å². The van der Waals surface area contributed by atoms with E-state index in [4.69, 9.17) is 9.47 Å². The van der Waals surface area contributed by atoms with Gasteiger partial charge in [-0.25, -0.2) is 8.42 Å². The Morgan fingerprint density at radius 3 is 2.61 bits per heavy atom. The molecule has 2 atom stereocenters. The molecular formula is C23H27N3O5S2. The molecule has 4 rings (SSSR count). The number of amides is 1. The Morgan fingerprint density at radius 1 is 1.12 bits per heavy atom. The first kappa shape index (κ1) is 23.4. The van der Waals surface area contributed by atoms with E-state index in [1.807, 2.05) is 42.5 Å². The molecule has 10 heteroatoms. The van der Waals surface area contributed by atoms with Crippen LogP contribution in [0, 0.1) is 0 Å². The molecule has 0 spiro atoms. The normalized spacial score (nSPS) is 20.6. The Labute approximate surface area is 198 Å². The smallest absolute Gasteiger partial charge is 0.224 e. The van der Waals surface area contributed by atoms with Gasteiger partial charge in [0.2, 0.25) is 5.91 Å². The molecular weight excluding hydrogens is 462 g/mol. The van der Waals surface area contributed by atoms with Gasteiger partial charge in [-0.1, -0.05) is 23.9 Å². The zero-order chi connectivity index (χ0) is 23.4. The number of hydrogen-bond donors (Lipinski definition) is 2. The van der Waals surface area contributed by atoms with Crippen molar-refractivity contribution in [2.24, 2.45) is 4.99 Å². The first-order valence-electron chi connectivity index (χ1n) is 10.6. The minimum Gasteiger partial charge on any atom is -0.497 e. The molecule has 33 heavy (non-hydrogen) atoms. The summed E-state index contributed by atoms with van der Waals surface area (Å²) >= 11 is 1.48. The Morgan fingerprint density at radius 2 is 1.91 bits per heavy atom. The molecule has 0 bridgehead atoms. The second-order valence-corrected chi connectivity index (χ2v) is 11.4. The minimum atomic E-state index is -2.95. The lowest BCUT2D eigenvalue weighted by Crippen LogP contribution is -2.27. The number of nitrogens with one attached hydrogen (secondary N) is 2. The highest BCUT2D eigenvalue weighted by molar-refractivity contribution is 8.15. The van der Waals surface area contributed by atoms with Gasteiger partial charge in [-0.15, -0.1) is 0 Å². The molecule has 1 fully saturated rings. The summed E-state index contributed by atoms with van der Waals surface area (Å²) in [5.74, 6) is 1.79. The van der Waals surface area contributed by atoms with Crippen LogP contribution >= 0.6 is 11.8 Å². The van der Waals surface area contributed by atoms with Crippen LogP contribution in [0.1, 0.15) is 11.1 Å². The molecule has 0 unspecified atom stereocenters. The molecule has 2 aromatic carbocycles. The fraction of sp³-hybridized carbons (Fsp3) is 0.391. The Kier molecular flexibility index (Phi) is 7.14. The Hall–Kier alpha value is -2.72. The molecule has 0 aliphatic carbocycles. The van der Waals surface area contributed by atoms with E-state index in [1.54, 1.807) is 14.2 Å². The maximum atomic E-state index is 12.4. The van der Waals surface area contributed by atoms with Crippen LogP contribution in [0.15, 0.2) is 47.5 Å². The predicted octanol–water partition coefficient (Wildman–Crippen LogP) is 2.29. The van der Waals surface area contributed by atoms with Crippen LogP contribution < -0.4 is 20.1 Å². The molecule has 0 aromatic heterocycles. The van der Waals surface area contributed by atoms with Crippen molar-refractivity contribution in [3.63, 3.8) is 0 Å². The molecule has 1 saturated heterocycles. The largest absolute Gasteiger partial charge is 0.497 e. The number of hydrogen-bond acceptors (Lipinski definition) is 8. The number of benzene rings is 2. The first-order chi connectivity index (χ1) is 15.8. The summed E-state index contributed by atoms with van der Waals surface area (Å²) in [5, 5.41) is 6.95. The van der Waals surface area contributed by atoms with Gasteiger partial charge in [0.15, 0.2) is 15.0 Å². The second-order valence-electron chi connectivity index (χ2n) is 8.01. The van der Waals surface area contributed by atoms with Crippen LogP contribution in [-0.2, 0) is 27.5 Å². The number of nitrogens with zero attached hydrogens (tertiary/aromatic N) is 1. The van der Waals surface area contributed by atoms with Gasteiger partial charge in [0.1, 0.15) is 11.5 Å². The number of amidine groups is 1. The lowest BCUT2D eigenvalue weighted by molar-refractivity contribution is -0.120. The zero-order valence-electron chi connectivity index (χ0n) is 18.5. The Balaban J connectivity index is 1.24. The topological polar surface area (TPSA) is 106 Å². The molecule has 0 saturated carbocycles. The number of carbonyl (C=O) groups is 1. The molecule has 2 aliphatic heterocycles. The Bertz CT molecular complexity index is 1150. The van der Waals surface area contributed by atoms with Crippen LogP contribution in [0.25, 0.3) is 0 Å². The molecule has 176 valence electrons. The fourth-order valence-electron chi connectivity index (χ4n) is 3.91. The summed E-state index contributed by atoms with van der Waals surface area (Å²) in [6.07, 6.45) is 0.922. The maximum Gasteiger partial charge on any atom is 0.224 e. The number of anilines is 1. The van der Waals surface area contributed by atoms with Crippen molar-refractivity contribution in [2.45, 2.75) is 24.1 Å². The van der Waals surface area contributed by atoms with Crippen molar-refractivity contribution in [1.82, 2.24) is 5.32 Å². The molecule has 2 aromatic rings. The molecule has 0 radical (unpaired) electrons. The molecule has 2 heterocycles. The fourth-order valence-corrected chi connectivity index (χ4v) is 7.58. The molecule has 2 N–H and O–H groups in total. The lowest BCUT2D eigenvalue weighted by Gasteiger charge is -2.11. The number of sulfone groups is 1. The summed E-state index contributed by atoms with van der Waals surface area (Å²) in [6.45, 7) is 0.497. The second kappa shape index (κ2) is 10.0. The van der Waals surface area contributed by atoms with Gasteiger partial charge in [-0.05, 0) is 47.9 Å². The van der Waals surface area contributed by atoms with Crippen LogP contribution in [-0.4, -0.2) is 63.1 Å². The van der Waals surface area contributed by atoms with E-state index in [0.717, 1.165) is 33.5 Å². The standard InChI is InChI=1S/C23H27N3O5S2/c1-30-18-7-8-20(31-2)16(12-18)9-10-24-22(27)11-15-3-5-17(6-4-15)25-23-26-19-13-33(28,29)14-21(19)32-23/h3-8,12,19,21H,9-11,13-14H2,1-2H3,(H,24,27)(H,25,26)/t19-,21+/m1/s1. The number of thioether (sulfide) groups is 1. The highest BCUT2D eigenvalue weighted by Gasteiger charge is 2.42. The SMILES string of the molecule is COc1ccc(OC)c(CCNC(=O)Cc2ccc(NC3=N[C@@H]4CS(=O)(=O)C[C@@H]4S3)cc2)c1. The minimum absolute atomic E-state index is 0.0115. The number of rotatable bonds is 8. The quantitative estimate of drug-likeness (QED) is 0.586. The van der Waals surface area contributed by atoms with Gasteiger partial charge in [-0.3, -0.25) is 9.79 Å². The number of carbonyl (C=O) groups excluding carboxylic acids is 1. The summed E-state index contributed by atoms with van der Waals surface area (Å²) < 4.78 is 34.0. The van der Waals surface area contributed by atoms with Gasteiger partial charge >= 0.3 is 0 Å². The van der Waals surface area contributed by atoms with Crippen LogP contribution in [0.4, 0.5) is 5.69 Å². The van der Waals surface area contributed by atoms with E-state index in [2.05, 4.69) is 15.6 Å². The predicted molar refractivity (Wildman–Crippen MR) is 131 cm³/mol. The first-order valence-corrected chi connectivity index (χ1v) is 13.3. The van der Waals surface area contributed by atoms with Crippen molar-refractivity contribution >= 4 is 38.4 Å². The van der Waals surface area contributed by atoms with Crippen molar-refractivity contribution in [3.8, 4) is 11.5 Å². The third kappa shape index (κ3) is 6.00. The van der Waals surface area contributed by atoms with E-state index in [-0.39, 0.29) is 35.1 Å². The highest BCUT2D eigenvalue weighted by atomic mass is 32.2. The van der Waals surface area contributed by atoms with E-state index in [1.165, 1.54) is 11.8 Å². The van der Waals surface area contributed by atoms with E-state index >= 15 is 0 Å². The van der Waals surface area contributed by atoms with Crippen molar-refractivity contribution < 1.29 is 22.7 Å². The summed E-state index contributed by atoms with van der Waals surface area (Å²) in [5.41, 5.74) is 2.74. The lowest BCUT2D eigenvalue weighted by atomic mass is 10.1. The average molecular weight is 490 g/mol. The van der Waals surface area contributed by atoms with Gasteiger partial charge in [0.05, 0.1) is 38.2 Å². The van der Waals surface area contributed by atoms with Gasteiger partial charge < -0.3 is 20.1 Å². The van der Waals surface area contributed by atoms with Crippen molar-refractivity contribution in [3.05, 3.63) is 53.6 Å². The van der Waals surface area contributed by atoms with Crippen molar-refractivity contribution in [1.29, 1.82) is 0 Å². The van der Waals surface area contributed by atoms with E-state index in [9.17, 15) is 13.2 Å². The number of fused-ring (bicyclic) bond motifs is 1. The van der Waals surface area contributed by atoms with Gasteiger partial charge in [0, 0.05) is 17.5 Å². The number of methoxy groups -OCH3 is 2. The molecule has 1 amide bonds. The zero-order valence-corrected chi connectivity index (χ0v) is 20.2. The number of ether oxygens (including phenoxy) is 2. The molecule has 2 aliphatic rings. The third-order valence-corrected chi connectivity index (χ3v) is 8.73. The van der Waals surface area contributed by atoms with Gasteiger partial charge in [0.25, 0.3) is 0 Å². The molecule has 8 nitrogen and oxygen atoms in total.